The Bertz CT molecular complexity index is 954. The first kappa shape index (κ1) is 18.0. The number of hydrogen-bond donors (Lipinski definition) is 2. The SMILES string of the molecule is COc1ccccc1N1CC(C(=O)N2CCc3[nH]nc(C(=O)O)c3C2)CC1=O. The van der Waals surface area contributed by atoms with Gasteiger partial charge in [0.15, 0.2) is 5.69 Å². The molecule has 146 valence electrons. The number of carboxylic acid groups (broad SMARTS) is 1. The van der Waals surface area contributed by atoms with Crippen molar-refractivity contribution in [2.24, 2.45) is 5.92 Å². The molecule has 1 atom stereocenters. The number of anilines is 1. The number of ether oxygens (including phenoxy) is 1. The number of aromatic nitrogens is 2. The number of carbonyl (C=O) groups excluding carboxylic acids is 2. The highest BCUT2D eigenvalue weighted by Gasteiger charge is 2.39. The van der Waals surface area contributed by atoms with Crippen LogP contribution in [0.2, 0.25) is 0 Å². The molecule has 9 heteroatoms. The topological polar surface area (TPSA) is 116 Å². The van der Waals surface area contributed by atoms with E-state index in [2.05, 4.69) is 10.2 Å². The molecule has 2 aliphatic heterocycles. The van der Waals surface area contributed by atoms with Gasteiger partial charge in [-0.25, -0.2) is 4.79 Å². The molecule has 2 aromatic rings. The Hall–Kier alpha value is -3.36. The van der Waals surface area contributed by atoms with Crippen molar-refractivity contribution in [2.45, 2.75) is 19.4 Å². The van der Waals surface area contributed by atoms with Gasteiger partial charge in [-0.15, -0.1) is 0 Å². The lowest BCUT2D eigenvalue weighted by atomic mass is 10.0. The van der Waals surface area contributed by atoms with Gasteiger partial charge in [-0.3, -0.25) is 14.7 Å². The summed E-state index contributed by atoms with van der Waals surface area (Å²) >= 11 is 0. The smallest absolute Gasteiger partial charge is 0.356 e. The fraction of sp³-hybridized carbons (Fsp3) is 0.368. The summed E-state index contributed by atoms with van der Waals surface area (Å²) in [6, 6.07) is 7.21. The molecule has 1 unspecified atom stereocenters. The van der Waals surface area contributed by atoms with Crippen LogP contribution in [-0.4, -0.2) is 58.2 Å². The van der Waals surface area contributed by atoms with Crippen LogP contribution in [0, 0.1) is 5.92 Å². The maximum atomic E-state index is 13.0. The summed E-state index contributed by atoms with van der Waals surface area (Å²) < 4.78 is 5.33. The number of benzene rings is 1. The Morgan fingerprint density at radius 3 is 2.86 bits per heavy atom. The number of aromatic carboxylic acids is 1. The van der Waals surface area contributed by atoms with Crippen LogP contribution in [0.1, 0.15) is 28.2 Å². The zero-order valence-corrected chi connectivity index (χ0v) is 15.3. The fourth-order valence-electron chi connectivity index (χ4n) is 3.88. The number of nitrogens with one attached hydrogen (secondary N) is 1. The zero-order valence-electron chi connectivity index (χ0n) is 15.3. The van der Waals surface area contributed by atoms with Crippen molar-refractivity contribution in [3.05, 3.63) is 41.2 Å². The molecule has 3 heterocycles. The predicted octanol–water partition coefficient (Wildman–Crippen LogP) is 1.05. The van der Waals surface area contributed by atoms with Gasteiger partial charge in [0.05, 0.1) is 18.7 Å². The number of amides is 2. The number of nitrogens with zero attached hydrogens (tertiary/aromatic N) is 3. The van der Waals surface area contributed by atoms with Crippen LogP contribution >= 0.6 is 0 Å². The van der Waals surface area contributed by atoms with Crippen molar-refractivity contribution < 1.29 is 24.2 Å². The third kappa shape index (κ3) is 2.98. The molecule has 0 saturated carbocycles. The second-order valence-electron chi connectivity index (χ2n) is 6.92. The molecule has 1 saturated heterocycles. The van der Waals surface area contributed by atoms with E-state index in [4.69, 9.17) is 4.74 Å². The van der Waals surface area contributed by atoms with Gasteiger partial charge in [-0.2, -0.15) is 5.10 Å². The summed E-state index contributed by atoms with van der Waals surface area (Å²) in [6.45, 7) is 0.927. The second kappa shape index (κ2) is 6.99. The molecule has 28 heavy (non-hydrogen) atoms. The molecule has 0 radical (unpaired) electrons. The standard InChI is InChI=1S/C19H20N4O5/c1-28-15-5-3-2-4-14(15)23-9-11(8-16(23)24)18(25)22-7-6-13-12(10-22)17(19(26)27)21-20-13/h2-5,11H,6-10H2,1H3,(H,20,21)(H,26,27). The van der Waals surface area contributed by atoms with E-state index < -0.39 is 11.9 Å². The lowest BCUT2D eigenvalue weighted by molar-refractivity contribution is -0.136. The Morgan fingerprint density at radius 2 is 2.11 bits per heavy atom. The van der Waals surface area contributed by atoms with Gasteiger partial charge in [0, 0.05) is 43.7 Å². The number of fused-ring (bicyclic) bond motifs is 1. The van der Waals surface area contributed by atoms with Crippen molar-refractivity contribution in [3.8, 4) is 5.75 Å². The molecule has 1 fully saturated rings. The van der Waals surface area contributed by atoms with Crippen LogP contribution in [0.15, 0.2) is 24.3 Å². The van der Waals surface area contributed by atoms with Crippen LogP contribution in [0.4, 0.5) is 5.69 Å². The molecule has 2 aliphatic rings. The minimum absolute atomic E-state index is 0.0503. The number of H-pyrrole nitrogens is 1. The summed E-state index contributed by atoms with van der Waals surface area (Å²) in [7, 11) is 1.54. The normalized spacial score (nSPS) is 18.9. The molecule has 9 nitrogen and oxygen atoms in total. The molecule has 4 rings (SSSR count). The summed E-state index contributed by atoms with van der Waals surface area (Å²) in [5.74, 6) is -1.29. The first-order valence-corrected chi connectivity index (χ1v) is 9.01. The first-order chi connectivity index (χ1) is 13.5. The van der Waals surface area contributed by atoms with E-state index in [9.17, 15) is 19.5 Å². The van der Waals surface area contributed by atoms with Crippen molar-refractivity contribution in [1.82, 2.24) is 15.1 Å². The Kier molecular flexibility index (Phi) is 4.50. The number of carbonyl (C=O) groups is 3. The van der Waals surface area contributed by atoms with Gasteiger partial charge in [-0.05, 0) is 12.1 Å². The molecule has 2 N–H and O–H groups in total. The van der Waals surface area contributed by atoms with Crippen LogP contribution < -0.4 is 9.64 Å². The minimum atomic E-state index is -1.12. The van der Waals surface area contributed by atoms with Crippen LogP contribution in [-0.2, 0) is 22.6 Å². The average molecular weight is 384 g/mol. The van der Waals surface area contributed by atoms with E-state index in [1.54, 1.807) is 21.9 Å². The first-order valence-electron chi connectivity index (χ1n) is 9.01. The Balaban J connectivity index is 1.51. The molecule has 1 aromatic heterocycles. The Labute approximate surface area is 160 Å². The summed E-state index contributed by atoms with van der Waals surface area (Å²) in [5, 5.41) is 15.8. The van der Waals surface area contributed by atoms with E-state index in [1.807, 2.05) is 12.1 Å². The summed E-state index contributed by atoms with van der Waals surface area (Å²) in [4.78, 5) is 40.1. The molecule has 0 spiro atoms. The number of methoxy groups -OCH3 is 1. The highest BCUT2D eigenvalue weighted by Crippen LogP contribution is 2.34. The fourth-order valence-corrected chi connectivity index (χ4v) is 3.88. The summed E-state index contributed by atoms with van der Waals surface area (Å²) in [6.07, 6.45) is 0.635. The van der Waals surface area contributed by atoms with Crippen LogP contribution in [0.25, 0.3) is 0 Å². The van der Waals surface area contributed by atoms with Crippen molar-refractivity contribution in [2.75, 3.05) is 25.1 Å². The molecule has 1 aromatic carbocycles. The van der Waals surface area contributed by atoms with Crippen LogP contribution in [0.3, 0.4) is 0 Å². The lowest BCUT2D eigenvalue weighted by Crippen LogP contribution is -2.41. The van der Waals surface area contributed by atoms with Gasteiger partial charge < -0.3 is 19.6 Å². The predicted molar refractivity (Wildman–Crippen MR) is 98.1 cm³/mol. The molecule has 2 amide bonds. The number of aromatic amines is 1. The zero-order chi connectivity index (χ0) is 19.8. The maximum Gasteiger partial charge on any atom is 0.356 e. The minimum Gasteiger partial charge on any atom is -0.495 e. The van der Waals surface area contributed by atoms with Gasteiger partial charge in [0.2, 0.25) is 11.8 Å². The monoisotopic (exact) mass is 384 g/mol. The highest BCUT2D eigenvalue weighted by atomic mass is 16.5. The largest absolute Gasteiger partial charge is 0.495 e. The van der Waals surface area contributed by atoms with Gasteiger partial charge in [0.1, 0.15) is 5.75 Å². The average Bonchev–Trinajstić information content (AvgIpc) is 3.30. The van der Waals surface area contributed by atoms with Gasteiger partial charge in [0.25, 0.3) is 0 Å². The number of hydrogen-bond acceptors (Lipinski definition) is 5. The van der Waals surface area contributed by atoms with E-state index in [0.29, 0.717) is 30.0 Å². The molecule has 0 aliphatic carbocycles. The van der Waals surface area contributed by atoms with E-state index in [0.717, 1.165) is 5.69 Å². The van der Waals surface area contributed by atoms with E-state index >= 15 is 0 Å². The van der Waals surface area contributed by atoms with Crippen LogP contribution in [0.5, 0.6) is 5.75 Å². The van der Waals surface area contributed by atoms with Crippen molar-refractivity contribution >= 4 is 23.5 Å². The van der Waals surface area contributed by atoms with Crippen molar-refractivity contribution in [1.29, 1.82) is 0 Å². The van der Waals surface area contributed by atoms with Gasteiger partial charge in [-0.1, -0.05) is 12.1 Å². The van der Waals surface area contributed by atoms with Crippen molar-refractivity contribution in [3.63, 3.8) is 0 Å². The third-order valence-corrected chi connectivity index (χ3v) is 5.30. The third-order valence-electron chi connectivity index (χ3n) is 5.30. The quantitative estimate of drug-likeness (QED) is 0.814. The Morgan fingerprint density at radius 1 is 1.32 bits per heavy atom. The number of para-hydroxylation sites is 2. The maximum absolute atomic E-state index is 13.0. The van der Waals surface area contributed by atoms with E-state index in [1.165, 1.54) is 7.11 Å². The van der Waals surface area contributed by atoms with E-state index in [-0.39, 0.29) is 37.0 Å². The molecular formula is C19H20N4O5. The van der Waals surface area contributed by atoms with Gasteiger partial charge >= 0.3 is 5.97 Å². The summed E-state index contributed by atoms with van der Waals surface area (Å²) in [5.41, 5.74) is 1.89. The second-order valence-corrected chi connectivity index (χ2v) is 6.92. The number of rotatable bonds is 4. The number of carboxylic acids is 1. The highest BCUT2D eigenvalue weighted by molar-refractivity contribution is 6.01. The molecule has 0 bridgehead atoms. The molecular weight excluding hydrogens is 364 g/mol. The lowest BCUT2D eigenvalue weighted by Gasteiger charge is -2.29.